The van der Waals surface area contributed by atoms with Crippen LogP contribution in [-0.2, 0) is 16.1 Å². The number of hydrogen-bond donors (Lipinski definition) is 2. The van der Waals surface area contributed by atoms with Gasteiger partial charge in [-0.1, -0.05) is 30.3 Å². The van der Waals surface area contributed by atoms with Crippen LogP contribution in [0.4, 0.5) is 22.0 Å². The summed E-state index contributed by atoms with van der Waals surface area (Å²) in [7, 11) is 0. The van der Waals surface area contributed by atoms with Gasteiger partial charge in [0.25, 0.3) is 0 Å². The van der Waals surface area contributed by atoms with Gasteiger partial charge >= 0.3 is 5.97 Å². The number of para-hydroxylation sites is 1. The average molecular weight is 399 g/mol. The molecule has 0 aliphatic heterocycles. The van der Waals surface area contributed by atoms with Crippen LogP contribution in [-0.4, -0.2) is 26.7 Å². The average Bonchev–Trinajstić information content (AvgIpc) is 2.67. The van der Waals surface area contributed by atoms with Crippen molar-refractivity contribution in [2.24, 2.45) is 0 Å². The minimum atomic E-state index is -0.513. The molecule has 0 spiro atoms. The van der Waals surface area contributed by atoms with Gasteiger partial charge in [0, 0.05) is 10.6 Å². The lowest BCUT2D eigenvalue weighted by Crippen LogP contribution is -2.12. The van der Waals surface area contributed by atoms with Gasteiger partial charge in [-0.3, -0.25) is 4.79 Å². The molecule has 7 nitrogen and oxygen atoms in total. The molecule has 1 aromatic heterocycles. The normalized spacial score (nSPS) is 10.5. The quantitative estimate of drug-likeness (QED) is 0.460. The zero-order valence-corrected chi connectivity index (χ0v) is 15.9. The van der Waals surface area contributed by atoms with Crippen molar-refractivity contribution < 1.29 is 13.9 Å². The molecule has 3 rings (SSSR count). The Balaban J connectivity index is 1.58. The van der Waals surface area contributed by atoms with Gasteiger partial charge in [0.05, 0.1) is 5.75 Å². The number of aryl methyl sites for hydroxylation is 1. The molecule has 3 N–H and O–H groups in total. The Morgan fingerprint density at radius 3 is 2.68 bits per heavy atom. The molecule has 3 aromatic rings. The number of carbonyl (C=O) groups is 1. The Hall–Kier alpha value is -3.20. The highest BCUT2D eigenvalue weighted by Crippen LogP contribution is 2.21. The highest BCUT2D eigenvalue weighted by molar-refractivity contribution is 8.00. The first kappa shape index (κ1) is 19.6. The van der Waals surface area contributed by atoms with Crippen LogP contribution in [0, 0.1) is 12.7 Å². The lowest BCUT2D eigenvalue weighted by molar-refractivity contribution is -0.141. The van der Waals surface area contributed by atoms with Crippen molar-refractivity contribution in [2.45, 2.75) is 18.4 Å². The first-order valence-electron chi connectivity index (χ1n) is 8.37. The number of rotatable bonds is 7. The van der Waals surface area contributed by atoms with E-state index in [9.17, 15) is 9.18 Å². The number of nitrogens with zero attached hydrogens (tertiary/aromatic N) is 3. The molecule has 144 valence electrons. The third kappa shape index (κ3) is 5.40. The third-order valence-corrected chi connectivity index (χ3v) is 4.66. The first-order chi connectivity index (χ1) is 13.5. The van der Waals surface area contributed by atoms with Crippen LogP contribution in [0.25, 0.3) is 0 Å². The molecule has 2 aromatic carbocycles. The van der Waals surface area contributed by atoms with E-state index >= 15 is 0 Å². The number of nitrogens with one attached hydrogen (secondary N) is 1. The molecule has 0 aliphatic rings. The number of nitrogen functional groups attached to an aromatic ring is 1. The minimum Gasteiger partial charge on any atom is -0.457 e. The molecule has 9 heteroatoms. The molecule has 0 bridgehead atoms. The van der Waals surface area contributed by atoms with E-state index in [1.165, 1.54) is 6.07 Å². The monoisotopic (exact) mass is 399 g/mol. The van der Waals surface area contributed by atoms with Crippen LogP contribution in [0.3, 0.4) is 0 Å². The maximum Gasteiger partial charge on any atom is 0.316 e. The van der Waals surface area contributed by atoms with Gasteiger partial charge in [0.1, 0.15) is 5.82 Å². The maximum absolute atomic E-state index is 13.6. The molecule has 0 fully saturated rings. The van der Waals surface area contributed by atoms with Crippen molar-refractivity contribution in [3.63, 3.8) is 0 Å². The van der Waals surface area contributed by atoms with Gasteiger partial charge in [-0.15, -0.1) is 11.8 Å². The molecular weight excluding hydrogens is 381 g/mol. The molecule has 0 saturated carbocycles. The summed E-state index contributed by atoms with van der Waals surface area (Å²) in [5, 5.41) is 3.07. The number of esters is 1. The second kappa shape index (κ2) is 9.14. The number of thioether (sulfide) groups is 1. The molecule has 1 heterocycles. The maximum atomic E-state index is 13.6. The zero-order chi connectivity index (χ0) is 19.9. The number of nitrogens with two attached hydrogens (primary N) is 1. The van der Waals surface area contributed by atoms with Crippen LogP contribution in [0.1, 0.15) is 11.4 Å². The Bertz CT molecular complexity index is 986. The van der Waals surface area contributed by atoms with Gasteiger partial charge in [-0.05, 0) is 30.7 Å². The predicted molar refractivity (Wildman–Crippen MR) is 106 cm³/mol. The van der Waals surface area contributed by atoms with Crippen LogP contribution in [0.2, 0.25) is 0 Å². The van der Waals surface area contributed by atoms with Crippen LogP contribution < -0.4 is 11.1 Å². The van der Waals surface area contributed by atoms with Crippen molar-refractivity contribution >= 4 is 35.3 Å². The molecule has 0 aliphatic carbocycles. The summed E-state index contributed by atoms with van der Waals surface area (Å²) in [5.41, 5.74) is 7.56. The molecule has 0 radical (unpaired) electrons. The number of carbonyl (C=O) groups excluding carboxylic acids is 1. The lowest BCUT2D eigenvalue weighted by atomic mass is 10.2. The Morgan fingerprint density at radius 1 is 1.14 bits per heavy atom. The summed E-state index contributed by atoms with van der Waals surface area (Å²) in [4.78, 5) is 24.5. The SMILES string of the molecule is Cc1ccccc1Nc1nc(N)nc(COC(=O)CSc2ccccc2F)n1. The predicted octanol–water partition coefficient (Wildman–Crippen LogP) is 3.48. The zero-order valence-electron chi connectivity index (χ0n) is 15.1. The highest BCUT2D eigenvalue weighted by atomic mass is 32.2. The number of ether oxygens (including phenoxy) is 1. The summed E-state index contributed by atoms with van der Waals surface area (Å²) < 4.78 is 18.7. The van der Waals surface area contributed by atoms with Gasteiger partial charge in [0.15, 0.2) is 12.4 Å². The fraction of sp³-hybridized carbons (Fsp3) is 0.158. The van der Waals surface area contributed by atoms with Crippen LogP contribution >= 0.6 is 11.8 Å². The molecule has 28 heavy (non-hydrogen) atoms. The van der Waals surface area contributed by atoms with Crippen molar-refractivity contribution in [1.82, 2.24) is 15.0 Å². The number of benzene rings is 2. The van der Waals surface area contributed by atoms with E-state index in [0.717, 1.165) is 23.0 Å². The van der Waals surface area contributed by atoms with Crippen molar-refractivity contribution in [3.05, 3.63) is 65.7 Å². The summed E-state index contributed by atoms with van der Waals surface area (Å²) in [6.45, 7) is 1.79. The molecule has 0 atom stereocenters. The van der Waals surface area contributed by atoms with E-state index in [-0.39, 0.29) is 35.9 Å². The van der Waals surface area contributed by atoms with E-state index < -0.39 is 5.97 Å². The fourth-order valence-corrected chi connectivity index (χ4v) is 3.01. The number of halogens is 1. The van der Waals surface area contributed by atoms with E-state index in [2.05, 4.69) is 20.3 Å². The van der Waals surface area contributed by atoms with Crippen molar-refractivity contribution in [3.8, 4) is 0 Å². The number of aromatic nitrogens is 3. The fourth-order valence-electron chi connectivity index (χ4n) is 2.28. The smallest absolute Gasteiger partial charge is 0.316 e. The van der Waals surface area contributed by atoms with Gasteiger partial charge in [0.2, 0.25) is 11.9 Å². The van der Waals surface area contributed by atoms with Gasteiger partial charge in [-0.25, -0.2) is 4.39 Å². The second-order valence-corrected chi connectivity index (χ2v) is 6.77. The third-order valence-electron chi connectivity index (χ3n) is 3.63. The molecular formula is C19H18FN5O2S. The Morgan fingerprint density at radius 2 is 1.89 bits per heavy atom. The van der Waals surface area contributed by atoms with E-state index in [1.54, 1.807) is 18.2 Å². The largest absolute Gasteiger partial charge is 0.457 e. The molecule has 0 amide bonds. The van der Waals surface area contributed by atoms with Gasteiger partial charge in [-0.2, -0.15) is 15.0 Å². The van der Waals surface area contributed by atoms with E-state index in [1.807, 2.05) is 31.2 Å². The van der Waals surface area contributed by atoms with Gasteiger partial charge < -0.3 is 15.8 Å². The summed E-state index contributed by atoms with van der Waals surface area (Å²) >= 11 is 1.06. The minimum absolute atomic E-state index is 0.0119. The Kier molecular flexibility index (Phi) is 6.38. The highest BCUT2D eigenvalue weighted by Gasteiger charge is 2.11. The standard InChI is InChI=1S/C19H18FN5O2S/c1-12-6-2-4-8-14(12)22-19-24-16(23-18(21)25-19)10-27-17(26)11-28-15-9-5-3-7-13(15)20/h2-9H,10-11H2,1H3,(H3,21,22,23,24,25). The van der Waals surface area contributed by atoms with Crippen molar-refractivity contribution in [1.29, 1.82) is 0 Å². The number of hydrogen-bond acceptors (Lipinski definition) is 8. The van der Waals surface area contributed by atoms with E-state index in [0.29, 0.717) is 4.90 Å². The summed E-state index contributed by atoms with van der Waals surface area (Å²) in [6, 6.07) is 13.9. The topological polar surface area (TPSA) is 103 Å². The molecule has 0 saturated heterocycles. The molecule has 0 unspecified atom stereocenters. The lowest BCUT2D eigenvalue weighted by Gasteiger charge is -2.09. The Labute approximate surface area is 165 Å². The second-order valence-electron chi connectivity index (χ2n) is 5.75. The van der Waals surface area contributed by atoms with Crippen molar-refractivity contribution in [2.75, 3.05) is 16.8 Å². The van der Waals surface area contributed by atoms with E-state index in [4.69, 9.17) is 10.5 Å². The first-order valence-corrected chi connectivity index (χ1v) is 9.36. The summed E-state index contributed by atoms with van der Waals surface area (Å²) in [6.07, 6.45) is 0. The van der Waals surface area contributed by atoms with Crippen LogP contribution in [0.5, 0.6) is 0 Å². The van der Waals surface area contributed by atoms with Crippen LogP contribution in [0.15, 0.2) is 53.4 Å². The number of anilines is 3. The summed E-state index contributed by atoms with van der Waals surface area (Å²) in [5.74, 6) is -0.437.